The highest BCUT2D eigenvalue weighted by Crippen LogP contribution is 2.20. The first-order valence-corrected chi connectivity index (χ1v) is 12.1. The van der Waals surface area contributed by atoms with Crippen molar-refractivity contribution < 1.29 is 14.5 Å². The number of carbonyl (C=O) groups excluding carboxylic acids is 2. The van der Waals surface area contributed by atoms with Gasteiger partial charge in [0.05, 0.1) is 10.7 Å². The third-order valence-corrected chi connectivity index (χ3v) is 6.03. The van der Waals surface area contributed by atoms with Crippen LogP contribution in [0.25, 0.3) is 0 Å². The van der Waals surface area contributed by atoms with Gasteiger partial charge >= 0.3 is 0 Å². The van der Waals surface area contributed by atoms with Crippen molar-refractivity contribution >= 4 is 45.2 Å². The van der Waals surface area contributed by atoms with Gasteiger partial charge in [0.25, 0.3) is 5.69 Å². The van der Waals surface area contributed by atoms with Crippen molar-refractivity contribution in [3.63, 3.8) is 0 Å². The Kier molecular flexibility index (Phi) is 9.27. The van der Waals surface area contributed by atoms with Crippen LogP contribution in [0.5, 0.6) is 0 Å². The average Bonchev–Trinajstić information content (AvgIpc) is 2.70. The summed E-state index contributed by atoms with van der Waals surface area (Å²) in [4.78, 5) is 37.8. The number of hydrogen-bond donors (Lipinski definition) is 1. The number of amides is 2. The normalized spacial score (nSPS) is 12.2. The summed E-state index contributed by atoms with van der Waals surface area (Å²) < 4.78 is 0.904. The van der Waals surface area contributed by atoms with E-state index < -0.39 is 16.5 Å². The van der Waals surface area contributed by atoms with Gasteiger partial charge in [0.15, 0.2) is 0 Å². The Morgan fingerprint density at radius 1 is 1.16 bits per heavy atom. The molecule has 0 radical (unpaired) electrons. The van der Waals surface area contributed by atoms with E-state index >= 15 is 0 Å². The zero-order valence-corrected chi connectivity index (χ0v) is 21.0. The van der Waals surface area contributed by atoms with E-state index in [1.807, 2.05) is 45.0 Å². The van der Waals surface area contributed by atoms with Gasteiger partial charge in [-0.15, -0.1) is 11.8 Å². The molecule has 0 unspecified atom stereocenters. The molecule has 32 heavy (non-hydrogen) atoms. The Morgan fingerprint density at radius 3 is 2.38 bits per heavy atom. The molecule has 9 heteroatoms. The van der Waals surface area contributed by atoms with Gasteiger partial charge in [-0.05, 0) is 51.0 Å². The van der Waals surface area contributed by atoms with Crippen molar-refractivity contribution in [2.45, 2.75) is 51.6 Å². The molecule has 0 fully saturated rings. The summed E-state index contributed by atoms with van der Waals surface area (Å²) in [6, 6.07) is 13.3. The van der Waals surface area contributed by atoms with E-state index in [4.69, 9.17) is 0 Å². The van der Waals surface area contributed by atoms with Gasteiger partial charge in [0, 0.05) is 34.4 Å². The van der Waals surface area contributed by atoms with Crippen LogP contribution in [-0.2, 0) is 21.9 Å². The van der Waals surface area contributed by atoms with Crippen LogP contribution in [0.3, 0.4) is 0 Å². The predicted octanol–water partition coefficient (Wildman–Crippen LogP) is 4.92. The van der Waals surface area contributed by atoms with Gasteiger partial charge in [-0.2, -0.15) is 0 Å². The van der Waals surface area contributed by atoms with Crippen molar-refractivity contribution in [1.29, 1.82) is 0 Å². The standard InChI is InChI=1S/C23H28BrN3O4S/c1-16(22(29)25-23(2,3)4)26(13-18-6-5-7-19(24)12-18)21(28)15-32-14-17-8-10-20(11-9-17)27(30)31/h5-12,16H,13-15H2,1-4H3,(H,25,29)/t16-/m0/s1. The molecule has 2 aromatic rings. The molecule has 0 aliphatic rings. The molecule has 0 bridgehead atoms. The number of hydrogen-bond acceptors (Lipinski definition) is 5. The molecule has 0 aliphatic carbocycles. The van der Waals surface area contributed by atoms with E-state index in [2.05, 4.69) is 21.2 Å². The van der Waals surface area contributed by atoms with E-state index in [0.29, 0.717) is 12.3 Å². The highest BCUT2D eigenvalue weighted by atomic mass is 79.9. The Morgan fingerprint density at radius 2 is 1.81 bits per heavy atom. The molecule has 1 atom stereocenters. The molecule has 7 nitrogen and oxygen atoms in total. The number of halogens is 1. The third-order valence-electron chi connectivity index (χ3n) is 4.55. The first-order valence-electron chi connectivity index (χ1n) is 10.1. The second-order valence-corrected chi connectivity index (χ2v) is 10.4. The van der Waals surface area contributed by atoms with E-state index in [1.165, 1.54) is 23.9 Å². The summed E-state index contributed by atoms with van der Waals surface area (Å²) in [6.45, 7) is 7.75. The van der Waals surface area contributed by atoms with E-state index in [9.17, 15) is 19.7 Å². The lowest BCUT2D eigenvalue weighted by Gasteiger charge is -2.31. The highest BCUT2D eigenvalue weighted by molar-refractivity contribution is 9.10. The van der Waals surface area contributed by atoms with Crippen molar-refractivity contribution in [3.05, 3.63) is 74.2 Å². The molecule has 0 aliphatic heterocycles. The lowest BCUT2D eigenvalue weighted by molar-refractivity contribution is -0.384. The molecule has 172 valence electrons. The summed E-state index contributed by atoms with van der Waals surface area (Å²) in [7, 11) is 0. The molecule has 0 aromatic heterocycles. The number of rotatable bonds is 9. The van der Waals surface area contributed by atoms with Crippen LogP contribution in [0.2, 0.25) is 0 Å². The highest BCUT2D eigenvalue weighted by Gasteiger charge is 2.28. The molecule has 2 aromatic carbocycles. The monoisotopic (exact) mass is 521 g/mol. The maximum absolute atomic E-state index is 13.1. The molecule has 2 amide bonds. The quantitative estimate of drug-likeness (QED) is 0.373. The van der Waals surface area contributed by atoms with E-state index in [1.54, 1.807) is 24.0 Å². The molecular formula is C23H28BrN3O4S. The van der Waals surface area contributed by atoms with Crippen LogP contribution in [0.15, 0.2) is 53.0 Å². The minimum atomic E-state index is -0.638. The number of nitro benzene ring substituents is 1. The zero-order valence-electron chi connectivity index (χ0n) is 18.6. The summed E-state index contributed by atoms with van der Waals surface area (Å²) in [6.07, 6.45) is 0. The van der Waals surface area contributed by atoms with Crippen LogP contribution in [-0.4, -0.2) is 39.0 Å². The maximum atomic E-state index is 13.1. The lowest BCUT2D eigenvalue weighted by atomic mass is 10.1. The van der Waals surface area contributed by atoms with Gasteiger partial charge in [-0.3, -0.25) is 19.7 Å². The molecule has 0 saturated heterocycles. The van der Waals surface area contributed by atoms with E-state index in [0.717, 1.165) is 15.6 Å². The van der Waals surface area contributed by atoms with Crippen molar-refractivity contribution in [2.24, 2.45) is 0 Å². The Balaban J connectivity index is 2.08. The lowest BCUT2D eigenvalue weighted by Crippen LogP contribution is -2.52. The SMILES string of the molecule is C[C@@H](C(=O)NC(C)(C)C)N(Cc1cccc(Br)c1)C(=O)CSCc1ccc([N+](=O)[O-])cc1. The summed E-state index contributed by atoms with van der Waals surface area (Å²) in [5.41, 5.74) is 1.45. The third kappa shape index (κ3) is 8.27. The number of nitrogens with one attached hydrogen (secondary N) is 1. The number of benzene rings is 2. The average molecular weight is 522 g/mol. The summed E-state index contributed by atoms with van der Waals surface area (Å²) in [5.74, 6) is 0.379. The van der Waals surface area contributed by atoms with Crippen LogP contribution < -0.4 is 5.32 Å². The topological polar surface area (TPSA) is 92.6 Å². The van der Waals surface area contributed by atoms with Gasteiger partial charge < -0.3 is 10.2 Å². The van der Waals surface area contributed by atoms with Crippen LogP contribution in [0.1, 0.15) is 38.8 Å². The molecule has 0 saturated carbocycles. The Bertz CT molecular complexity index is 960. The van der Waals surface area contributed by atoms with Gasteiger partial charge in [0.2, 0.25) is 11.8 Å². The van der Waals surface area contributed by atoms with Crippen molar-refractivity contribution in [1.82, 2.24) is 10.2 Å². The largest absolute Gasteiger partial charge is 0.350 e. The number of non-ortho nitro benzene ring substituents is 1. The summed E-state index contributed by atoms with van der Waals surface area (Å²) in [5, 5.41) is 13.7. The Labute approximate surface area is 201 Å². The fourth-order valence-electron chi connectivity index (χ4n) is 2.94. The van der Waals surface area contributed by atoms with Crippen molar-refractivity contribution in [2.75, 3.05) is 5.75 Å². The summed E-state index contributed by atoms with van der Waals surface area (Å²) >= 11 is 4.86. The van der Waals surface area contributed by atoms with Crippen LogP contribution in [0, 0.1) is 10.1 Å². The fourth-order valence-corrected chi connectivity index (χ4v) is 4.26. The second-order valence-electron chi connectivity index (χ2n) is 8.48. The van der Waals surface area contributed by atoms with Crippen molar-refractivity contribution in [3.8, 4) is 0 Å². The van der Waals surface area contributed by atoms with Gasteiger partial charge in [0.1, 0.15) is 6.04 Å². The molecule has 0 heterocycles. The van der Waals surface area contributed by atoms with Gasteiger partial charge in [-0.1, -0.05) is 40.2 Å². The fraction of sp³-hybridized carbons (Fsp3) is 0.391. The first-order chi connectivity index (χ1) is 15.0. The molecule has 2 rings (SSSR count). The predicted molar refractivity (Wildman–Crippen MR) is 131 cm³/mol. The van der Waals surface area contributed by atoms with E-state index in [-0.39, 0.29) is 23.3 Å². The Hall–Kier alpha value is -2.39. The minimum Gasteiger partial charge on any atom is -0.350 e. The van der Waals surface area contributed by atoms with Crippen LogP contribution in [0.4, 0.5) is 5.69 Å². The van der Waals surface area contributed by atoms with Gasteiger partial charge in [-0.25, -0.2) is 0 Å². The number of carbonyl (C=O) groups is 2. The maximum Gasteiger partial charge on any atom is 0.269 e. The first kappa shape index (κ1) is 25.9. The second kappa shape index (κ2) is 11.5. The number of thioether (sulfide) groups is 1. The smallest absolute Gasteiger partial charge is 0.269 e. The zero-order chi connectivity index (χ0) is 23.9. The van der Waals surface area contributed by atoms with Crippen LogP contribution >= 0.6 is 27.7 Å². The number of nitrogens with zero attached hydrogens (tertiary/aromatic N) is 2. The molecule has 0 spiro atoms. The number of nitro groups is 1. The molecule has 1 N–H and O–H groups in total. The minimum absolute atomic E-state index is 0.0358. The molecular weight excluding hydrogens is 494 g/mol.